The maximum Gasteiger partial charge on any atom is 0.319 e. The first-order chi connectivity index (χ1) is 18.9. The van der Waals surface area contributed by atoms with E-state index in [1.54, 1.807) is 18.3 Å². The maximum absolute atomic E-state index is 16.6. The number of piperazine rings is 1. The number of likely N-dealkylation sites (N-methyl/N-ethyl adjacent to an activating group) is 1. The zero-order valence-corrected chi connectivity index (χ0v) is 22.6. The van der Waals surface area contributed by atoms with Crippen molar-refractivity contribution in [3.8, 4) is 17.1 Å². The second-order valence-electron chi connectivity index (χ2n) is 11.0. The van der Waals surface area contributed by atoms with Crippen molar-refractivity contribution in [2.75, 3.05) is 43.9 Å². The minimum absolute atomic E-state index is 0.196. The van der Waals surface area contributed by atoms with E-state index in [1.807, 2.05) is 18.2 Å². The molecule has 39 heavy (non-hydrogen) atoms. The number of hydrogen-bond acceptors (Lipinski definition) is 8. The van der Waals surface area contributed by atoms with Gasteiger partial charge >= 0.3 is 6.01 Å². The summed E-state index contributed by atoms with van der Waals surface area (Å²) in [5.74, 6) is 0.537. The molecule has 7 rings (SSSR count). The topological polar surface area (TPSA) is 92.4 Å². The smallest absolute Gasteiger partial charge is 0.319 e. The van der Waals surface area contributed by atoms with Gasteiger partial charge in [0.15, 0.2) is 5.82 Å². The molecule has 3 fully saturated rings. The molecule has 0 radical (unpaired) electrons. The predicted octanol–water partition coefficient (Wildman–Crippen LogP) is 4.63. The van der Waals surface area contributed by atoms with Crippen LogP contribution in [0.15, 0.2) is 36.5 Å². The van der Waals surface area contributed by atoms with Gasteiger partial charge in [-0.2, -0.15) is 9.97 Å². The molecule has 4 aromatic rings. The van der Waals surface area contributed by atoms with E-state index >= 15 is 4.39 Å². The summed E-state index contributed by atoms with van der Waals surface area (Å²) < 4.78 is 22.8. The quantitative estimate of drug-likeness (QED) is 0.373. The Balaban J connectivity index is 1.38. The minimum Gasteiger partial charge on any atom is -0.462 e. The Morgan fingerprint density at radius 1 is 1.13 bits per heavy atom. The van der Waals surface area contributed by atoms with Crippen LogP contribution in [0.5, 0.6) is 6.01 Å². The van der Waals surface area contributed by atoms with Gasteiger partial charge in [0.2, 0.25) is 0 Å². The molecule has 2 aromatic heterocycles. The molecule has 10 heteroatoms. The van der Waals surface area contributed by atoms with Crippen LogP contribution < -0.4 is 20.7 Å². The highest BCUT2D eigenvalue weighted by molar-refractivity contribution is 6.35. The van der Waals surface area contributed by atoms with Gasteiger partial charge in [-0.25, -0.2) is 9.37 Å². The number of nitrogens with two attached hydrogens (primary N) is 1. The lowest BCUT2D eigenvalue weighted by Crippen LogP contribution is -2.51. The van der Waals surface area contributed by atoms with Gasteiger partial charge in [-0.05, 0) is 62.4 Å². The van der Waals surface area contributed by atoms with E-state index in [1.165, 1.54) is 0 Å². The van der Waals surface area contributed by atoms with Gasteiger partial charge in [0.1, 0.15) is 23.8 Å². The fourth-order valence-electron chi connectivity index (χ4n) is 6.45. The summed E-state index contributed by atoms with van der Waals surface area (Å²) in [7, 11) is 2.10. The van der Waals surface area contributed by atoms with Crippen LogP contribution in [0, 0.1) is 5.82 Å². The number of aromatic nitrogens is 3. The number of ether oxygens (including phenoxy) is 1. The molecule has 0 spiro atoms. The molecule has 0 saturated carbocycles. The van der Waals surface area contributed by atoms with E-state index < -0.39 is 5.82 Å². The van der Waals surface area contributed by atoms with Gasteiger partial charge in [-0.3, -0.25) is 0 Å². The Morgan fingerprint density at radius 3 is 2.72 bits per heavy atom. The molecule has 202 valence electrons. The third-order valence-corrected chi connectivity index (χ3v) is 8.79. The molecule has 3 N–H and O–H groups in total. The van der Waals surface area contributed by atoms with Gasteiger partial charge in [0.25, 0.3) is 0 Å². The fourth-order valence-corrected chi connectivity index (χ4v) is 6.74. The third-order valence-electron chi connectivity index (χ3n) is 8.49. The van der Waals surface area contributed by atoms with Gasteiger partial charge in [-0.1, -0.05) is 29.8 Å². The molecule has 2 aromatic carbocycles. The maximum atomic E-state index is 16.6. The number of likely N-dealkylation sites (tertiary alicyclic amines) is 1. The van der Waals surface area contributed by atoms with Crippen molar-refractivity contribution in [3.05, 3.63) is 47.4 Å². The van der Waals surface area contributed by atoms with Crippen molar-refractivity contribution in [2.45, 2.75) is 43.8 Å². The molecule has 8 nitrogen and oxygen atoms in total. The SMILES string of the molecule is CN1CCC[C@H]1COc1nc(N2CC3CCC(C2)N3)c2cc(Cl)c(-c3cccc4cnc(N)cc34)c(F)c2n1. The summed E-state index contributed by atoms with van der Waals surface area (Å²) >= 11 is 6.86. The van der Waals surface area contributed by atoms with Crippen LogP contribution in [0.1, 0.15) is 25.7 Å². The van der Waals surface area contributed by atoms with Crippen LogP contribution in [0.2, 0.25) is 5.02 Å². The summed E-state index contributed by atoms with van der Waals surface area (Å²) in [6.45, 7) is 3.10. The molecule has 3 atom stereocenters. The van der Waals surface area contributed by atoms with E-state index in [9.17, 15) is 0 Å². The van der Waals surface area contributed by atoms with Crippen LogP contribution in [-0.4, -0.2) is 71.3 Å². The summed E-state index contributed by atoms with van der Waals surface area (Å²) in [5.41, 5.74) is 7.12. The average molecular weight is 548 g/mol. The monoisotopic (exact) mass is 547 g/mol. The predicted molar refractivity (Wildman–Crippen MR) is 153 cm³/mol. The zero-order chi connectivity index (χ0) is 26.7. The molecule has 5 heterocycles. The average Bonchev–Trinajstić information content (AvgIpc) is 3.50. The van der Waals surface area contributed by atoms with Gasteiger partial charge in [0, 0.05) is 53.7 Å². The largest absolute Gasteiger partial charge is 0.462 e. The van der Waals surface area contributed by atoms with Crippen LogP contribution >= 0.6 is 11.6 Å². The molecule has 2 bridgehead atoms. The molecular formula is C29H31ClFN7O. The Morgan fingerprint density at radius 2 is 1.95 bits per heavy atom. The van der Waals surface area contributed by atoms with Gasteiger partial charge in [-0.15, -0.1) is 0 Å². The summed E-state index contributed by atoms with van der Waals surface area (Å²) in [4.78, 5) is 18.2. The molecule has 3 aliphatic rings. The van der Waals surface area contributed by atoms with Gasteiger partial charge < -0.3 is 25.6 Å². The highest BCUT2D eigenvalue weighted by Gasteiger charge is 2.34. The minimum atomic E-state index is -0.495. The number of benzene rings is 2. The van der Waals surface area contributed by atoms with Crippen LogP contribution in [0.4, 0.5) is 16.0 Å². The van der Waals surface area contributed by atoms with Crippen molar-refractivity contribution < 1.29 is 9.13 Å². The second-order valence-corrected chi connectivity index (χ2v) is 11.4. The van der Waals surface area contributed by atoms with Crippen molar-refractivity contribution >= 4 is 44.9 Å². The Labute approximate surface area is 231 Å². The third kappa shape index (κ3) is 4.42. The lowest BCUT2D eigenvalue weighted by Gasteiger charge is -2.34. The Bertz CT molecular complexity index is 1570. The first-order valence-corrected chi connectivity index (χ1v) is 14.0. The zero-order valence-electron chi connectivity index (χ0n) is 21.8. The van der Waals surface area contributed by atoms with Crippen molar-refractivity contribution in [3.63, 3.8) is 0 Å². The number of fused-ring (bicyclic) bond motifs is 4. The van der Waals surface area contributed by atoms with Gasteiger partial charge in [0.05, 0.1) is 5.02 Å². The Kier molecular flexibility index (Phi) is 6.17. The molecule has 0 aliphatic carbocycles. The number of nitrogens with one attached hydrogen (secondary N) is 1. The highest BCUT2D eigenvalue weighted by atomic mass is 35.5. The molecule has 3 aliphatic heterocycles. The van der Waals surface area contributed by atoms with Crippen LogP contribution in [0.3, 0.4) is 0 Å². The van der Waals surface area contributed by atoms with Crippen molar-refractivity contribution in [1.82, 2.24) is 25.2 Å². The van der Waals surface area contributed by atoms with E-state index in [0.717, 1.165) is 56.1 Å². The lowest BCUT2D eigenvalue weighted by atomic mass is 9.97. The normalized spacial score (nSPS) is 23.3. The fraction of sp³-hybridized carbons (Fsp3) is 0.414. The Hall–Kier alpha value is -3.27. The number of rotatable bonds is 5. The number of pyridine rings is 1. The summed E-state index contributed by atoms with van der Waals surface area (Å²) in [6.07, 6.45) is 6.14. The van der Waals surface area contributed by atoms with Crippen LogP contribution in [0.25, 0.3) is 32.8 Å². The number of hydrogen-bond donors (Lipinski definition) is 2. The first kappa shape index (κ1) is 24.7. The van der Waals surface area contributed by atoms with Crippen molar-refractivity contribution in [2.24, 2.45) is 0 Å². The molecule has 0 amide bonds. The molecular weight excluding hydrogens is 517 g/mol. The van der Waals surface area contributed by atoms with E-state index in [0.29, 0.717) is 52.3 Å². The second kappa shape index (κ2) is 9.73. The summed E-state index contributed by atoms with van der Waals surface area (Å²) in [6, 6.07) is 10.4. The number of halogens is 2. The molecule has 2 unspecified atom stereocenters. The van der Waals surface area contributed by atoms with E-state index in [-0.39, 0.29) is 17.1 Å². The standard InChI is InChI=1S/C29H31ClFN7O/c1-37-9-3-5-19(37)15-39-29-35-27-22(28(36-29)38-13-17-7-8-18(14-38)34-17)10-23(30)25(26(27)31)20-6-2-4-16-12-33-24(32)11-21(16)20/h2,4,6,10-12,17-19,34H,3,5,7-9,13-15H2,1H3,(H2,32,33)/t17?,18?,19-/m0/s1. The lowest BCUT2D eigenvalue weighted by molar-refractivity contribution is 0.188. The van der Waals surface area contributed by atoms with Crippen molar-refractivity contribution in [1.29, 1.82) is 0 Å². The van der Waals surface area contributed by atoms with E-state index in [2.05, 4.69) is 32.1 Å². The highest BCUT2D eigenvalue weighted by Crippen LogP contribution is 2.41. The van der Waals surface area contributed by atoms with E-state index in [4.69, 9.17) is 27.1 Å². The number of anilines is 2. The number of nitrogen functional groups attached to an aromatic ring is 1. The summed E-state index contributed by atoms with van der Waals surface area (Å²) in [5, 5.41) is 6.17. The number of nitrogens with zero attached hydrogens (tertiary/aromatic N) is 5. The molecule has 3 saturated heterocycles. The first-order valence-electron chi connectivity index (χ1n) is 13.6. The van der Waals surface area contributed by atoms with Crippen LogP contribution in [-0.2, 0) is 0 Å².